The van der Waals surface area contributed by atoms with Gasteiger partial charge in [-0.2, -0.15) is 4.40 Å². The van der Waals surface area contributed by atoms with Gasteiger partial charge >= 0.3 is 0 Å². The van der Waals surface area contributed by atoms with Gasteiger partial charge in [0.05, 0.1) is 10.0 Å². The molecule has 19 heavy (non-hydrogen) atoms. The topological polar surface area (TPSA) is 36.4 Å². The molecule has 2 rings (SSSR count). The minimum Gasteiger partial charge on any atom is -0.355 e. The smallest absolute Gasteiger partial charge is 0.207 e. The number of halogens is 1. The zero-order valence-electron chi connectivity index (χ0n) is 11.2. The number of guanidine groups is 1. The van der Waals surface area contributed by atoms with Crippen molar-refractivity contribution in [2.24, 2.45) is 4.40 Å². The fourth-order valence-electron chi connectivity index (χ4n) is 1.93. The number of nitrogens with zero attached hydrogens (tertiary/aromatic N) is 1. The predicted octanol–water partition coefficient (Wildman–Crippen LogP) is 5.14. The maximum atomic E-state index is 5.98. The van der Waals surface area contributed by atoms with Crippen molar-refractivity contribution < 1.29 is 0 Å². The summed E-state index contributed by atoms with van der Waals surface area (Å²) in [7, 11) is 0. The number of hydrogen-bond donors (Lipinski definition) is 2. The fraction of sp³-hybridized carbons (Fsp3) is 0.615. The fourth-order valence-corrected chi connectivity index (χ4v) is 4.00. The van der Waals surface area contributed by atoms with Crippen LogP contribution in [0.2, 0.25) is 4.34 Å². The minimum atomic E-state index is 0.803. The molecule has 0 unspecified atom stereocenters. The van der Waals surface area contributed by atoms with Crippen molar-refractivity contribution in [3.8, 4) is 0 Å². The van der Waals surface area contributed by atoms with Crippen molar-refractivity contribution in [2.45, 2.75) is 49.7 Å². The van der Waals surface area contributed by atoms with Gasteiger partial charge in [-0.05, 0) is 12.5 Å². The van der Waals surface area contributed by atoms with Gasteiger partial charge in [0.25, 0.3) is 0 Å². The number of rotatable bonds is 7. The third-order valence-electron chi connectivity index (χ3n) is 2.96. The Morgan fingerprint density at radius 2 is 2.05 bits per heavy atom. The van der Waals surface area contributed by atoms with Gasteiger partial charge in [-0.25, -0.2) is 0 Å². The van der Waals surface area contributed by atoms with Crippen LogP contribution in [-0.4, -0.2) is 12.5 Å². The summed E-state index contributed by atoms with van der Waals surface area (Å²) in [5.74, 6) is 0.848. The number of fused-ring (bicyclic) bond motifs is 1. The van der Waals surface area contributed by atoms with Crippen LogP contribution in [0.3, 0.4) is 0 Å². The van der Waals surface area contributed by atoms with E-state index in [0.29, 0.717) is 0 Å². The molecular weight excluding hydrogens is 298 g/mol. The zero-order valence-corrected chi connectivity index (χ0v) is 13.6. The summed E-state index contributed by atoms with van der Waals surface area (Å²) in [4.78, 5) is 0. The highest BCUT2D eigenvalue weighted by Crippen LogP contribution is 2.41. The zero-order chi connectivity index (χ0) is 13.5. The molecule has 2 N–H and O–H groups in total. The molecule has 0 bridgehead atoms. The van der Waals surface area contributed by atoms with E-state index in [-0.39, 0.29) is 0 Å². The largest absolute Gasteiger partial charge is 0.355 e. The summed E-state index contributed by atoms with van der Waals surface area (Å²) in [5.41, 5.74) is 1.07. The molecule has 1 aliphatic rings. The highest BCUT2D eigenvalue weighted by atomic mass is 35.5. The highest BCUT2D eigenvalue weighted by Gasteiger charge is 2.15. The molecule has 0 aliphatic carbocycles. The van der Waals surface area contributed by atoms with Gasteiger partial charge in [-0.15, -0.1) is 11.3 Å². The lowest BCUT2D eigenvalue weighted by Gasteiger charge is -2.15. The van der Waals surface area contributed by atoms with Crippen LogP contribution in [0.4, 0.5) is 5.69 Å². The molecule has 3 nitrogen and oxygen atoms in total. The first-order valence-electron chi connectivity index (χ1n) is 6.85. The standard InChI is InChI=1S/C13H20ClN3S2/c1-2-3-4-5-6-7-8-15-13-16-10-9-11(14)18-12(10)19-17-13/h9H,2-8H2,1H3,(H2,15,16,17). The van der Waals surface area contributed by atoms with Crippen LogP contribution >= 0.6 is 34.9 Å². The van der Waals surface area contributed by atoms with Crippen molar-refractivity contribution in [3.63, 3.8) is 0 Å². The summed E-state index contributed by atoms with van der Waals surface area (Å²) >= 11 is 9.03. The van der Waals surface area contributed by atoms with Crippen LogP contribution in [0, 0.1) is 0 Å². The molecule has 0 saturated carbocycles. The summed E-state index contributed by atoms with van der Waals surface area (Å²) in [6.07, 6.45) is 7.87. The number of hydrogen-bond acceptors (Lipinski definition) is 5. The lowest BCUT2D eigenvalue weighted by Crippen LogP contribution is -2.32. The molecule has 1 aliphatic heterocycles. The molecule has 0 amide bonds. The van der Waals surface area contributed by atoms with E-state index in [9.17, 15) is 0 Å². The molecule has 0 fully saturated rings. The van der Waals surface area contributed by atoms with E-state index in [4.69, 9.17) is 11.6 Å². The molecule has 6 heteroatoms. The molecule has 0 radical (unpaired) electrons. The first-order chi connectivity index (χ1) is 9.29. The Balaban J connectivity index is 1.61. The maximum absolute atomic E-state index is 5.98. The maximum Gasteiger partial charge on any atom is 0.207 e. The quantitative estimate of drug-likeness (QED) is 0.540. The summed E-state index contributed by atoms with van der Waals surface area (Å²) in [6, 6.07) is 1.95. The number of unbranched alkanes of at least 4 members (excludes halogenated alkanes) is 5. The molecule has 0 atom stereocenters. The molecular formula is C13H20ClN3S2. The molecule has 1 aromatic heterocycles. The lowest BCUT2D eigenvalue weighted by atomic mass is 10.1. The summed E-state index contributed by atoms with van der Waals surface area (Å²) in [5, 5.41) is 6.62. The van der Waals surface area contributed by atoms with Gasteiger partial charge in [0.15, 0.2) is 0 Å². The number of anilines is 1. The summed E-state index contributed by atoms with van der Waals surface area (Å²) < 4.78 is 6.33. The predicted molar refractivity (Wildman–Crippen MR) is 87.6 cm³/mol. The average molecular weight is 318 g/mol. The van der Waals surface area contributed by atoms with Gasteiger partial charge in [-0.1, -0.05) is 50.6 Å². The molecule has 0 aromatic carbocycles. The Labute approximate surface area is 128 Å². The van der Waals surface area contributed by atoms with Gasteiger partial charge in [0, 0.05) is 18.5 Å². The van der Waals surface area contributed by atoms with Crippen molar-refractivity contribution in [2.75, 3.05) is 11.9 Å². The molecule has 2 heterocycles. The molecule has 0 saturated heterocycles. The number of thiophene rings is 1. The Hall–Kier alpha value is -0.390. The van der Waals surface area contributed by atoms with Crippen LogP contribution in [-0.2, 0) is 0 Å². The van der Waals surface area contributed by atoms with Gasteiger partial charge in [0.1, 0.15) is 4.21 Å². The highest BCUT2D eigenvalue weighted by molar-refractivity contribution is 8.00. The second-order valence-electron chi connectivity index (χ2n) is 4.60. The Bertz CT molecular complexity index is 432. The monoisotopic (exact) mass is 317 g/mol. The summed E-state index contributed by atoms with van der Waals surface area (Å²) in [6.45, 7) is 3.22. The number of nitrogens with one attached hydrogen (secondary N) is 2. The van der Waals surface area contributed by atoms with Crippen molar-refractivity contribution in [1.82, 2.24) is 5.32 Å². The van der Waals surface area contributed by atoms with Crippen LogP contribution in [0.25, 0.3) is 0 Å². The van der Waals surface area contributed by atoms with Crippen molar-refractivity contribution >= 4 is 46.5 Å². The molecule has 106 valence electrons. The third-order valence-corrected chi connectivity index (χ3v) is 5.16. The second-order valence-corrected chi connectivity index (χ2v) is 7.32. The van der Waals surface area contributed by atoms with Gasteiger partial charge in [0.2, 0.25) is 5.96 Å². The Morgan fingerprint density at radius 1 is 1.26 bits per heavy atom. The normalized spacial score (nSPS) is 13.7. The van der Waals surface area contributed by atoms with Gasteiger partial charge < -0.3 is 10.6 Å². The Morgan fingerprint density at radius 3 is 2.89 bits per heavy atom. The van der Waals surface area contributed by atoms with Crippen LogP contribution in [0.5, 0.6) is 0 Å². The van der Waals surface area contributed by atoms with Crippen LogP contribution < -0.4 is 10.6 Å². The molecule has 0 spiro atoms. The average Bonchev–Trinajstić information content (AvgIpc) is 2.77. The van der Waals surface area contributed by atoms with E-state index in [1.807, 2.05) is 6.07 Å². The van der Waals surface area contributed by atoms with Crippen LogP contribution in [0.15, 0.2) is 14.7 Å². The SMILES string of the molecule is CCCCCCCCNC1=NSc2sc(Cl)cc2N1. The van der Waals surface area contributed by atoms with E-state index in [1.165, 1.54) is 50.5 Å². The van der Waals surface area contributed by atoms with E-state index in [0.717, 1.165) is 26.7 Å². The van der Waals surface area contributed by atoms with Crippen molar-refractivity contribution in [1.29, 1.82) is 0 Å². The first-order valence-corrected chi connectivity index (χ1v) is 8.81. The lowest BCUT2D eigenvalue weighted by molar-refractivity contribution is 0.602. The first kappa shape index (κ1) is 15.0. The van der Waals surface area contributed by atoms with Gasteiger partial charge in [-0.3, -0.25) is 0 Å². The minimum absolute atomic E-state index is 0.803. The second kappa shape index (κ2) is 8.02. The van der Waals surface area contributed by atoms with Crippen molar-refractivity contribution in [3.05, 3.63) is 10.4 Å². The Kier molecular flexibility index (Phi) is 6.34. The van der Waals surface area contributed by atoms with E-state index >= 15 is 0 Å². The molecule has 1 aromatic rings. The van der Waals surface area contributed by atoms with E-state index < -0.39 is 0 Å². The van der Waals surface area contributed by atoms with E-state index in [1.54, 1.807) is 11.3 Å². The third kappa shape index (κ3) is 4.89. The van der Waals surface area contributed by atoms with E-state index in [2.05, 4.69) is 22.0 Å². The van der Waals surface area contributed by atoms with Crippen LogP contribution in [0.1, 0.15) is 45.4 Å².